The van der Waals surface area contributed by atoms with Crippen molar-refractivity contribution >= 4 is 11.8 Å². The van der Waals surface area contributed by atoms with Crippen molar-refractivity contribution in [2.75, 3.05) is 12.0 Å². The van der Waals surface area contributed by atoms with Crippen LogP contribution < -0.4 is 0 Å². The monoisotopic (exact) mass is 216 g/mol. The minimum absolute atomic E-state index is 1.07. The smallest absolute Gasteiger partial charge is 0.0934 e. The average Bonchev–Trinajstić information content (AvgIpc) is 2.75. The van der Waals surface area contributed by atoms with Gasteiger partial charge in [-0.2, -0.15) is 11.8 Å². The van der Waals surface area contributed by atoms with Crippen molar-refractivity contribution in [1.29, 1.82) is 0 Å². The second kappa shape index (κ2) is 15.1. The van der Waals surface area contributed by atoms with Crippen LogP contribution in [0.25, 0.3) is 0 Å². The van der Waals surface area contributed by atoms with Crippen LogP contribution in [0.2, 0.25) is 0 Å². The van der Waals surface area contributed by atoms with E-state index in [2.05, 4.69) is 20.1 Å². The molecular weight excluding hydrogens is 192 g/mol. The molecule has 0 unspecified atom stereocenters. The molecule has 0 aromatic carbocycles. The Morgan fingerprint density at radius 2 is 1.93 bits per heavy atom. The first-order valence-electron chi connectivity index (χ1n) is 5.35. The van der Waals surface area contributed by atoms with Crippen LogP contribution in [-0.4, -0.2) is 12.0 Å². The number of rotatable bonds is 3. The topological polar surface area (TPSA) is 13.1 Å². The van der Waals surface area contributed by atoms with Crippen molar-refractivity contribution in [2.24, 2.45) is 0 Å². The van der Waals surface area contributed by atoms with Gasteiger partial charge in [0, 0.05) is 0 Å². The third kappa shape index (κ3) is 11.6. The Morgan fingerprint density at radius 3 is 2.07 bits per heavy atom. The molecule has 0 amide bonds. The molecule has 0 spiro atoms. The Bertz CT molecular complexity index is 157. The van der Waals surface area contributed by atoms with E-state index in [4.69, 9.17) is 4.42 Å². The summed E-state index contributed by atoms with van der Waals surface area (Å²) in [6.07, 6.45) is 7.96. The van der Waals surface area contributed by atoms with E-state index in [-0.39, 0.29) is 0 Å². The fourth-order valence-electron chi connectivity index (χ4n) is 0.698. The molecule has 2 heteroatoms. The van der Waals surface area contributed by atoms with Gasteiger partial charge < -0.3 is 4.42 Å². The summed E-state index contributed by atoms with van der Waals surface area (Å²) in [5, 5.41) is 0. The molecule has 84 valence electrons. The molecule has 0 aliphatic carbocycles. The highest BCUT2D eigenvalue weighted by Gasteiger charge is 1.83. The van der Waals surface area contributed by atoms with Crippen molar-refractivity contribution in [2.45, 2.75) is 40.5 Å². The van der Waals surface area contributed by atoms with Gasteiger partial charge in [-0.1, -0.05) is 27.7 Å². The van der Waals surface area contributed by atoms with Gasteiger partial charge in [-0.3, -0.25) is 0 Å². The van der Waals surface area contributed by atoms with Crippen molar-refractivity contribution < 1.29 is 4.42 Å². The summed E-state index contributed by atoms with van der Waals surface area (Å²) < 4.78 is 4.81. The van der Waals surface area contributed by atoms with Gasteiger partial charge >= 0.3 is 0 Å². The molecule has 1 rings (SSSR count). The van der Waals surface area contributed by atoms with Crippen LogP contribution in [-0.2, 0) is 6.42 Å². The van der Waals surface area contributed by atoms with E-state index in [0.717, 1.165) is 6.42 Å². The first-order valence-corrected chi connectivity index (χ1v) is 6.74. The highest BCUT2D eigenvalue weighted by atomic mass is 32.2. The molecule has 0 aliphatic heterocycles. The molecule has 0 radical (unpaired) electrons. The molecule has 1 aromatic heterocycles. The van der Waals surface area contributed by atoms with Gasteiger partial charge in [-0.25, -0.2) is 0 Å². The van der Waals surface area contributed by atoms with Crippen molar-refractivity contribution in [3.63, 3.8) is 0 Å². The average molecular weight is 216 g/mol. The molecular formula is C12H24OS. The summed E-state index contributed by atoms with van der Waals surface area (Å²) in [5.41, 5.74) is 1.26. The van der Waals surface area contributed by atoms with Gasteiger partial charge in [0.15, 0.2) is 0 Å². The first-order chi connectivity index (χ1) is 6.85. The molecule has 0 fully saturated rings. The fraction of sp³-hybridized carbons (Fsp3) is 0.667. The predicted molar refractivity (Wildman–Crippen MR) is 68.1 cm³/mol. The van der Waals surface area contributed by atoms with E-state index in [0.29, 0.717) is 0 Å². The Hall–Kier alpha value is -0.370. The lowest BCUT2D eigenvalue weighted by molar-refractivity contribution is 0.564. The SMILES string of the molecule is CC.CCCSC.CCc1ccoc1. The largest absolute Gasteiger partial charge is 0.472 e. The minimum Gasteiger partial charge on any atom is -0.472 e. The highest BCUT2D eigenvalue weighted by molar-refractivity contribution is 7.98. The Morgan fingerprint density at radius 1 is 1.29 bits per heavy atom. The van der Waals surface area contributed by atoms with Crippen LogP contribution in [0.5, 0.6) is 0 Å². The summed E-state index contributed by atoms with van der Waals surface area (Å²) in [4.78, 5) is 0. The summed E-state index contributed by atoms with van der Waals surface area (Å²) in [5.74, 6) is 1.31. The molecule has 0 saturated carbocycles. The van der Waals surface area contributed by atoms with Crippen LogP contribution >= 0.6 is 11.8 Å². The third-order valence-electron chi connectivity index (χ3n) is 1.40. The van der Waals surface area contributed by atoms with Crippen molar-refractivity contribution in [3.05, 3.63) is 24.2 Å². The Balaban J connectivity index is 0. The maximum atomic E-state index is 4.81. The number of hydrogen-bond donors (Lipinski definition) is 0. The van der Waals surface area contributed by atoms with E-state index in [9.17, 15) is 0 Å². The number of aryl methyl sites for hydroxylation is 1. The van der Waals surface area contributed by atoms with E-state index in [1.54, 1.807) is 12.5 Å². The zero-order valence-electron chi connectivity index (χ0n) is 10.2. The van der Waals surface area contributed by atoms with Crippen LogP contribution in [0, 0.1) is 0 Å². The lowest BCUT2D eigenvalue weighted by Gasteiger charge is -1.80. The molecule has 1 aromatic rings. The van der Waals surface area contributed by atoms with Crippen LogP contribution in [0.3, 0.4) is 0 Å². The van der Waals surface area contributed by atoms with Crippen LogP contribution in [0.4, 0.5) is 0 Å². The van der Waals surface area contributed by atoms with Gasteiger partial charge in [-0.05, 0) is 36.5 Å². The summed E-state index contributed by atoms with van der Waals surface area (Å²) in [6.45, 7) is 8.29. The highest BCUT2D eigenvalue weighted by Crippen LogP contribution is 1.98. The standard InChI is InChI=1S/C6H8O.C4H10S.C2H6/c1-2-6-3-4-7-5-6;1-3-4-5-2;1-2/h3-5H,2H2,1H3;3-4H2,1-2H3;1-2H3. The molecule has 1 nitrogen and oxygen atoms in total. The summed E-state index contributed by atoms with van der Waals surface area (Å²) in [7, 11) is 0. The zero-order valence-corrected chi connectivity index (χ0v) is 11.0. The normalized spacial score (nSPS) is 8.07. The second-order valence-corrected chi connectivity index (χ2v) is 3.46. The first kappa shape index (κ1) is 16.1. The Kier molecular flexibility index (Phi) is 17.4. The molecule has 1 heterocycles. The van der Waals surface area contributed by atoms with E-state index < -0.39 is 0 Å². The number of thioether (sulfide) groups is 1. The zero-order chi connectivity index (χ0) is 11.2. The van der Waals surface area contributed by atoms with Crippen molar-refractivity contribution in [1.82, 2.24) is 0 Å². The Labute approximate surface area is 93.3 Å². The van der Waals surface area contributed by atoms with E-state index in [1.165, 1.54) is 17.7 Å². The van der Waals surface area contributed by atoms with Gasteiger partial charge in [0.2, 0.25) is 0 Å². The summed E-state index contributed by atoms with van der Waals surface area (Å²) in [6, 6.07) is 1.97. The molecule has 0 aliphatic rings. The predicted octanol–water partition coefficient (Wildman–Crippen LogP) is 4.63. The van der Waals surface area contributed by atoms with E-state index in [1.807, 2.05) is 31.7 Å². The lowest BCUT2D eigenvalue weighted by Crippen LogP contribution is -1.66. The van der Waals surface area contributed by atoms with Crippen LogP contribution in [0.1, 0.15) is 39.7 Å². The number of hydrogen-bond acceptors (Lipinski definition) is 2. The number of furan rings is 1. The molecule has 0 bridgehead atoms. The lowest BCUT2D eigenvalue weighted by atomic mass is 10.3. The fourth-order valence-corrected chi connectivity index (χ4v) is 1.11. The van der Waals surface area contributed by atoms with Crippen LogP contribution in [0.15, 0.2) is 23.0 Å². The third-order valence-corrected chi connectivity index (χ3v) is 2.21. The van der Waals surface area contributed by atoms with Crippen molar-refractivity contribution in [3.8, 4) is 0 Å². The molecule has 0 N–H and O–H groups in total. The molecule has 14 heavy (non-hydrogen) atoms. The van der Waals surface area contributed by atoms with E-state index >= 15 is 0 Å². The maximum absolute atomic E-state index is 4.81. The van der Waals surface area contributed by atoms with Gasteiger partial charge in [0.1, 0.15) is 0 Å². The minimum atomic E-state index is 1.07. The van der Waals surface area contributed by atoms with Gasteiger partial charge in [0.25, 0.3) is 0 Å². The van der Waals surface area contributed by atoms with Gasteiger partial charge in [0.05, 0.1) is 12.5 Å². The second-order valence-electron chi connectivity index (χ2n) is 2.48. The molecule has 0 atom stereocenters. The van der Waals surface area contributed by atoms with Gasteiger partial charge in [-0.15, -0.1) is 0 Å². The molecule has 0 saturated heterocycles. The maximum Gasteiger partial charge on any atom is 0.0934 e. The summed E-state index contributed by atoms with van der Waals surface area (Å²) >= 11 is 1.90. The quantitative estimate of drug-likeness (QED) is 0.731.